The average molecular weight is 236 g/mol. The van der Waals surface area contributed by atoms with Crippen LogP contribution in [0.1, 0.15) is 17.5 Å². The Labute approximate surface area is 104 Å². The first kappa shape index (κ1) is 10.8. The smallest absolute Gasteiger partial charge is 0.194 e. The first-order chi connectivity index (χ1) is 8.59. The van der Waals surface area contributed by atoms with Crippen LogP contribution in [0.15, 0.2) is 34.7 Å². The molecule has 0 aliphatic heterocycles. The van der Waals surface area contributed by atoms with Crippen LogP contribution in [0.3, 0.4) is 0 Å². The van der Waals surface area contributed by atoms with Gasteiger partial charge < -0.3 is 4.42 Å². The Balaban J connectivity index is 2.63. The molecule has 3 aromatic rings. The fourth-order valence-corrected chi connectivity index (χ4v) is 2.29. The molecule has 88 valence electrons. The normalized spacial score (nSPS) is 11.2. The summed E-state index contributed by atoms with van der Waals surface area (Å²) in [4.78, 5) is 11.4. The van der Waals surface area contributed by atoms with Crippen molar-refractivity contribution in [3.05, 3.63) is 46.5 Å². The molecule has 0 amide bonds. The molecule has 2 aromatic carbocycles. The number of Topliss-reactive ketones (excluding diaryl/α,β-unsaturated/α-hetero) is 1. The van der Waals surface area contributed by atoms with Crippen LogP contribution in [-0.2, 0) is 0 Å². The predicted octanol–water partition coefficient (Wildman–Crippen LogP) is 2.61. The van der Waals surface area contributed by atoms with Gasteiger partial charge in [0.1, 0.15) is 5.58 Å². The summed E-state index contributed by atoms with van der Waals surface area (Å²) in [5.74, 6) is 0.268. The average Bonchev–Trinajstić information content (AvgIpc) is 2.81. The third-order valence-electron chi connectivity index (χ3n) is 3.26. The van der Waals surface area contributed by atoms with Crippen molar-refractivity contribution in [3.8, 4) is 0 Å². The van der Waals surface area contributed by atoms with Gasteiger partial charge in [-0.2, -0.15) is 0 Å². The second-order valence-corrected chi connectivity index (χ2v) is 4.41. The van der Waals surface area contributed by atoms with Crippen molar-refractivity contribution in [1.29, 1.82) is 0 Å². The van der Waals surface area contributed by atoms with Gasteiger partial charge in [-0.15, -0.1) is 0 Å². The highest BCUT2D eigenvalue weighted by Crippen LogP contribution is 2.17. The van der Waals surface area contributed by atoms with Crippen LogP contribution >= 0.6 is 0 Å². The third kappa shape index (κ3) is 1.32. The number of ketones is 1. The molecule has 0 saturated carbocycles. The van der Waals surface area contributed by atoms with Gasteiger partial charge in [-0.25, -0.2) is 0 Å². The van der Waals surface area contributed by atoms with Gasteiger partial charge >= 0.3 is 0 Å². The number of rotatable bonds is 1. The van der Waals surface area contributed by atoms with Crippen LogP contribution in [0.2, 0.25) is 0 Å². The second-order valence-electron chi connectivity index (χ2n) is 4.41. The van der Waals surface area contributed by atoms with E-state index in [0.717, 1.165) is 26.6 Å². The predicted molar refractivity (Wildman–Crippen MR) is 74.0 cm³/mol. The number of carbonyl (C=O) groups is 1. The summed E-state index contributed by atoms with van der Waals surface area (Å²) in [6.07, 6.45) is 0. The summed E-state index contributed by atoms with van der Waals surface area (Å²) in [7, 11) is 0. The summed E-state index contributed by atoms with van der Waals surface area (Å²) >= 11 is 0. The van der Waals surface area contributed by atoms with Gasteiger partial charge in [0.25, 0.3) is 0 Å². The van der Waals surface area contributed by atoms with Crippen molar-refractivity contribution in [2.75, 3.05) is 0 Å². The maximum absolute atomic E-state index is 11.4. The maximum Gasteiger partial charge on any atom is 0.194 e. The van der Waals surface area contributed by atoms with E-state index in [1.807, 2.05) is 24.3 Å². The van der Waals surface area contributed by atoms with E-state index in [1.165, 1.54) is 6.92 Å². The maximum atomic E-state index is 11.4. The zero-order chi connectivity index (χ0) is 12.9. The molecule has 0 aliphatic carbocycles. The van der Waals surface area contributed by atoms with Crippen LogP contribution in [0, 0.1) is 0 Å². The zero-order valence-electron chi connectivity index (χ0n) is 10.1. The van der Waals surface area contributed by atoms with E-state index in [4.69, 9.17) is 4.42 Å². The molecule has 0 bridgehead atoms. The molecule has 2 heteroatoms. The first-order valence-corrected chi connectivity index (χ1v) is 5.72. The molecular formula is C16H12O2. The van der Waals surface area contributed by atoms with Crippen molar-refractivity contribution in [2.45, 2.75) is 6.92 Å². The van der Waals surface area contributed by atoms with Crippen molar-refractivity contribution in [3.63, 3.8) is 0 Å². The molecule has 0 N–H and O–H groups in total. The SMILES string of the molecule is C=c1c2ccccc2c(=C)c2oc(C(C)=O)cc12. The molecule has 0 aliphatic rings. The van der Waals surface area contributed by atoms with Crippen LogP contribution in [0.5, 0.6) is 0 Å². The number of furan rings is 1. The van der Waals surface area contributed by atoms with Crippen molar-refractivity contribution in [1.82, 2.24) is 0 Å². The topological polar surface area (TPSA) is 30.2 Å². The molecule has 0 radical (unpaired) electrons. The highest BCUT2D eigenvalue weighted by Gasteiger charge is 2.11. The Bertz CT molecular complexity index is 818. The fraction of sp³-hybridized carbons (Fsp3) is 0.0625. The van der Waals surface area contributed by atoms with E-state index in [2.05, 4.69) is 13.2 Å². The summed E-state index contributed by atoms with van der Waals surface area (Å²) in [5.41, 5.74) is 0.656. The second kappa shape index (κ2) is 3.57. The van der Waals surface area contributed by atoms with Crippen molar-refractivity contribution < 1.29 is 9.21 Å². The lowest BCUT2D eigenvalue weighted by atomic mass is 10.0. The molecule has 2 nitrogen and oxygen atoms in total. The Kier molecular flexibility index (Phi) is 2.14. The molecule has 18 heavy (non-hydrogen) atoms. The standard InChI is InChI=1S/C16H12O2/c1-9-12-6-4-5-7-13(12)10(2)16-14(9)8-15(18-16)11(3)17/h4-8H,1-2H2,3H3. The quantitative estimate of drug-likeness (QED) is 0.608. The minimum Gasteiger partial charge on any atom is -0.452 e. The lowest BCUT2D eigenvalue weighted by Crippen LogP contribution is -2.10. The van der Waals surface area contributed by atoms with E-state index < -0.39 is 0 Å². The molecule has 0 spiro atoms. The number of hydrogen-bond donors (Lipinski definition) is 0. The monoisotopic (exact) mass is 236 g/mol. The molecule has 0 atom stereocenters. The number of carbonyl (C=O) groups excluding carboxylic acids is 1. The lowest BCUT2D eigenvalue weighted by Gasteiger charge is -2.00. The minimum atomic E-state index is -0.0888. The molecule has 0 unspecified atom stereocenters. The molecular weight excluding hydrogens is 224 g/mol. The fourth-order valence-electron chi connectivity index (χ4n) is 2.29. The summed E-state index contributed by atoms with van der Waals surface area (Å²) in [6.45, 7) is 9.64. The molecule has 3 rings (SSSR count). The van der Waals surface area contributed by atoms with Crippen LogP contribution in [0.4, 0.5) is 0 Å². The van der Waals surface area contributed by atoms with Gasteiger partial charge in [0.15, 0.2) is 11.5 Å². The lowest BCUT2D eigenvalue weighted by molar-refractivity contribution is 0.0989. The Hall–Kier alpha value is -2.35. The van der Waals surface area contributed by atoms with Crippen molar-refractivity contribution >= 4 is 40.7 Å². The summed E-state index contributed by atoms with van der Waals surface area (Å²) in [5, 5.41) is 4.61. The van der Waals surface area contributed by atoms with Gasteiger partial charge in [0.2, 0.25) is 0 Å². The van der Waals surface area contributed by atoms with E-state index in [0.29, 0.717) is 11.3 Å². The Morgan fingerprint density at radius 1 is 1.06 bits per heavy atom. The van der Waals surface area contributed by atoms with E-state index in [-0.39, 0.29) is 5.78 Å². The highest BCUT2D eigenvalue weighted by molar-refractivity contribution is 6.01. The number of hydrogen-bond acceptors (Lipinski definition) is 2. The van der Waals surface area contributed by atoms with E-state index >= 15 is 0 Å². The largest absolute Gasteiger partial charge is 0.452 e. The van der Waals surface area contributed by atoms with Gasteiger partial charge in [-0.3, -0.25) is 4.79 Å². The number of fused-ring (bicyclic) bond motifs is 2. The Morgan fingerprint density at radius 3 is 2.28 bits per heavy atom. The van der Waals surface area contributed by atoms with Gasteiger partial charge in [0.05, 0.1) is 0 Å². The first-order valence-electron chi connectivity index (χ1n) is 5.72. The van der Waals surface area contributed by atoms with Crippen LogP contribution in [0.25, 0.3) is 34.9 Å². The van der Waals surface area contributed by atoms with E-state index in [9.17, 15) is 4.79 Å². The minimum absolute atomic E-state index is 0.0888. The van der Waals surface area contributed by atoms with Gasteiger partial charge in [-0.05, 0) is 22.1 Å². The molecule has 1 heterocycles. The third-order valence-corrected chi connectivity index (χ3v) is 3.26. The molecule has 0 fully saturated rings. The van der Waals surface area contributed by atoms with Crippen LogP contribution in [-0.4, -0.2) is 5.78 Å². The molecule has 1 aromatic heterocycles. The summed E-state index contributed by atoms with van der Waals surface area (Å²) < 4.78 is 5.60. The molecule has 0 saturated heterocycles. The van der Waals surface area contributed by atoms with Crippen LogP contribution < -0.4 is 10.4 Å². The summed E-state index contributed by atoms with van der Waals surface area (Å²) in [6, 6.07) is 9.67. The Morgan fingerprint density at radius 2 is 1.67 bits per heavy atom. The zero-order valence-corrected chi connectivity index (χ0v) is 10.1. The van der Waals surface area contributed by atoms with Crippen molar-refractivity contribution in [2.24, 2.45) is 0 Å². The number of benzene rings is 2. The van der Waals surface area contributed by atoms with E-state index in [1.54, 1.807) is 6.07 Å². The highest BCUT2D eigenvalue weighted by atomic mass is 16.3. The van der Waals surface area contributed by atoms with Gasteiger partial charge in [-0.1, -0.05) is 37.4 Å². The van der Waals surface area contributed by atoms with Gasteiger partial charge in [0, 0.05) is 17.5 Å².